The van der Waals surface area contributed by atoms with Crippen molar-refractivity contribution in [2.24, 2.45) is 0 Å². The van der Waals surface area contributed by atoms with Gasteiger partial charge in [-0.3, -0.25) is 4.98 Å². The van der Waals surface area contributed by atoms with Crippen LogP contribution in [-0.4, -0.2) is 27.4 Å². The zero-order valence-electron chi connectivity index (χ0n) is 10.4. The molecule has 2 heterocycles. The fraction of sp³-hybridized carbons (Fsp3) is 0.429. The van der Waals surface area contributed by atoms with Gasteiger partial charge in [0.15, 0.2) is 0 Å². The number of hydrogen-bond donors (Lipinski definition) is 1. The molecule has 2 aromatic rings. The minimum absolute atomic E-state index is 0.810. The van der Waals surface area contributed by atoms with E-state index in [4.69, 9.17) is 0 Å². The van der Waals surface area contributed by atoms with Gasteiger partial charge in [-0.1, -0.05) is 0 Å². The van der Waals surface area contributed by atoms with E-state index in [0.717, 1.165) is 24.7 Å². The lowest BCUT2D eigenvalue weighted by molar-refractivity contribution is 0.645. The van der Waals surface area contributed by atoms with Crippen LogP contribution in [0.1, 0.15) is 24.8 Å². The summed E-state index contributed by atoms with van der Waals surface area (Å²) in [6.07, 6.45) is 12.6. The quantitative estimate of drug-likeness (QED) is 0.787. The molecule has 0 atom stereocenters. The maximum atomic E-state index is 4.38. The Balaban J connectivity index is 1.52. The second-order valence-corrected chi connectivity index (χ2v) is 4.83. The highest BCUT2D eigenvalue weighted by Gasteiger charge is 2.19. The van der Waals surface area contributed by atoms with Crippen molar-refractivity contribution in [2.45, 2.75) is 31.7 Å². The van der Waals surface area contributed by atoms with Crippen LogP contribution in [0.4, 0.5) is 0 Å². The van der Waals surface area contributed by atoms with Crippen LogP contribution in [0.15, 0.2) is 36.9 Å². The Labute approximate surface area is 107 Å². The zero-order chi connectivity index (χ0) is 12.2. The van der Waals surface area contributed by atoms with E-state index >= 15 is 0 Å². The predicted molar refractivity (Wildman–Crippen MR) is 70.7 cm³/mol. The van der Waals surface area contributed by atoms with E-state index in [-0.39, 0.29) is 0 Å². The topological polar surface area (TPSA) is 42.7 Å². The SMILES string of the molecule is c1cc(-n2cc(CCCNC3CC3)cn2)ccn1. The Bertz CT molecular complexity index is 488. The zero-order valence-corrected chi connectivity index (χ0v) is 10.4. The number of hydrogen-bond acceptors (Lipinski definition) is 3. The summed E-state index contributed by atoms with van der Waals surface area (Å²) in [5, 5.41) is 7.91. The molecule has 1 saturated carbocycles. The van der Waals surface area contributed by atoms with Crippen LogP contribution in [-0.2, 0) is 6.42 Å². The van der Waals surface area contributed by atoms with Gasteiger partial charge in [-0.2, -0.15) is 5.10 Å². The second-order valence-electron chi connectivity index (χ2n) is 4.83. The fourth-order valence-corrected chi connectivity index (χ4v) is 2.01. The number of nitrogens with one attached hydrogen (secondary N) is 1. The van der Waals surface area contributed by atoms with Crippen LogP contribution in [0.25, 0.3) is 5.69 Å². The summed E-state index contributed by atoms with van der Waals surface area (Å²) in [4.78, 5) is 4.01. The third-order valence-electron chi connectivity index (χ3n) is 3.22. The summed E-state index contributed by atoms with van der Waals surface area (Å²) in [7, 11) is 0. The first-order valence-corrected chi connectivity index (χ1v) is 6.59. The molecule has 0 spiro atoms. The molecule has 0 radical (unpaired) electrons. The Hall–Kier alpha value is -1.68. The summed E-state index contributed by atoms with van der Waals surface area (Å²) in [5.74, 6) is 0. The van der Waals surface area contributed by atoms with Crippen LogP contribution in [0.3, 0.4) is 0 Å². The van der Waals surface area contributed by atoms with E-state index in [0.29, 0.717) is 0 Å². The van der Waals surface area contributed by atoms with E-state index in [1.807, 2.05) is 23.0 Å². The van der Waals surface area contributed by atoms with Gasteiger partial charge in [0.25, 0.3) is 0 Å². The molecule has 1 aliphatic rings. The average molecular weight is 242 g/mol. The van der Waals surface area contributed by atoms with E-state index in [1.165, 1.54) is 24.8 Å². The molecule has 0 bridgehead atoms. The van der Waals surface area contributed by atoms with Crippen molar-refractivity contribution in [3.05, 3.63) is 42.5 Å². The van der Waals surface area contributed by atoms with Crippen molar-refractivity contribution in [2.75, 3.05) is 6.54 Å². The Kier molecular flexibility index (Phi) is 3.37. The van der Waals surface area contributed by atoms with Gasteiger partial charge < -0.3 is 5.32 Å². The maximum absolute atomic E-state index is 4.38. The third kappa shape index (κ3) is 2.96. The van der Waals surface area contributed by atoms with Gasteiger partial charge in [0.05, 0.1) is 11.9 Å². The largest absolute Gasteiger partial charge is 0.314 e. The van der Waals surface area contributed by atoms with E-state index in [9.17, 15) is 0 Å². The molecule has 2 aromatic heterocycles. The molecule has 0 amide bonds. The van der Waals surface area contributed by atoms with Crippen molar-refractivity contribution in [1.29, 1.82) is 0 Å². The van der Waals surface area contributed by atoms with Gasteiger partial charge in [-0.05, 0) is 49.9 Å². The number of rotatable bonds is 6. The van der Waals surface area contributed by atoms with Gasteiger partial charge in [0.1, 0.15) is 0 Å². The van der Waals surface area contributed by atoms with Crippen LogP contribution in [0.5, 0.6) is 0 Å². The third-order valence-corrected chi connectivity index (χ3v) is 3.22. The Morgan fingerprint density at radius 3 is 2.89 bits per heavy atom. The predicted octanol–water partition coefficient (Wildman–Crippen LogP) is 1.95. The lowest BCUT2D eigenvalue weighted by Gasteiger charge is -2.01. The van der Waals surface area contributed by atoms with Crippen molar-refractivity contribution < 1.29 is 0 Å². The number of pyridine rings is 1. The van der Waals surface area contributed by atoms with Gasteiger partial charge in [-0.25, -0.2) is 4.68 Å². The highest BCUT2D eigenvalue weighted by Crippen LogP contribution is 2.18. The molecule has 4 heteroatoms. The minimum Gasteiger partial charge on any atom is -0.314 e. The summed E-state index contributed by atoms with van der Waals surface area (Å²) < 4.78 is 1.91. The number of aryl methyl sites for hydroxylation is 1. The lowest BCUT2D eigenvalue weighted by Crippen LogP contribution is -2.17. The molecule has 1 aliphatic carbocycles. The van der Waals surface area contributed by atoms with E-state index in [1.54, 1.807) is 12.4 Å². The van der Waals surface area contributed by atoms with Crippen molar-refractivity contribution in [1.82, 2.24) is 20.1 Å². The molecular weight excluding hydrogens is 224 g/mol. The summed E-state index contributed by atoms with van der Waals surface area (Å²) in [6, 6.07) is 4.74. The van der Waals surface area contributed by atoms with Crippen LogP contribution >= 0.6 is 0 Å². The highest BCUT2D eigenvalue weighted by molar-refractivity contribution is 5.28. The monoisotopic (exact) mass is 242 g/mol. The Morgan fingerprint density at radius 2 is 2.11 bits per heavy atom. The van der Waals surface area contributed by atoms with E-state index in [2.05, 4.69) is 21.6 Å². The molecule has 3 rings (SSSR count). The molecule has 1 N–H and O–H groups in total. The van der Waals surface area contributed by atoms with Gasteiger partial charge in [-0.15, -0.1) is 0 Å². The summed E-state index contributed by atoms with van der Waals surface area (Å²) in [5.41, 5.74) is 2.36. The second kappa shape index (κ2) is 5.31. The first-order valence-electron chi connectivity index (χ1n) is 6.59. The van der Waals surface area contributed by atoms with Crippen LogP contribution in [0.2, 0.25) is 0 Å². The van der Waals surface area contributed by atoms with E-state index < -0.39 is 0 Å². The average Bonchev–Trinajstić information content (AvgIpc) is 3.12. The molecular formula is C14H18N4. The molecule has 94 valence electrons. The molecule has 18 heavy (non-hydrogen) atoms. The molecule has 0 saturated heterocycles. The van der Waals surface area contributed by atoms with Crippen molar-refractivity contribution in [3.63, 3.8) is 0 Å². The lowest BCUT2D eigenvalue weighted by atomic mass is 10.2. The van der Waals surface area contributed by atoms with Crippen LogP contribution < -0.4 is 5.32 Å². The number of nitrogens with zero attached hydrogens (tertiary/aromatic N) is 3. The van der Waals surface area contributed by atoms with Crippen LogP contribution in [0, 0.1) is 0 Å². The van der Waals surface area contributed by atoms with Crippen molar-refractivity contribution >= 4 is 0 Å². The highest BCUT2D eigenvalue weighted by atomic mass is 15.3. The molecule has 0 aliphatic heterocycles. The number of aromatic nitrogens is 3. The van der Waals surface area contributed by atoms with Crippen molar-refractivity contribution in [3.8, 4) is 5.69 Å². The summed E-state index contributed by atoms with van der Waals surface area (Å²) in [6.45, 7) is 1.12. The maximum Gasteiger partial charge on any atom is 0.0676 e. The minimum atomic E-state index is 0.810. The van der Waals surface area contributed by atoms with Gasteiger partial charge in [0, 0.05) is 24.6 Å². The van der Waals surface area contributed by atoms with Gasteiger partial charge >= 0.3 is 0 Å². The summed E-state index contributed by atoms with van der Waals surface area (Å²) >= 11 is 0. The standard InChI is InChI=1S/C14H18N4/c1(7-16-13-3-4-13)2-12-10-17-18(11-12)14-5-8-15-9-6-14/h5-6,8-11,13,16H,1-4,7H2. The molecule has 1 fully saturated rings. The normalized spacial score (nSPS) is 14.9. The molecule has 0 unspecified atom stereocenters. The molecule has 4 nitrogen and oxygen atoms in total. The fourth-order valence-electron chi connectivity index (χ4n) is 2.01. The first-order chi connectivity index (χ1) is 8.92. The Morgan fingerprint density at radius 1 is 1.28 bits per heavy atom. The smallest absolute Gasteiger partial charge is 0.0676 e. The van der Waals surface area contributed by atoms with Gasteiger partial charge in [0.2, 0.25) is 0 Å². The molecule has 0 aromatic carbocycles. The first kappa shape index (κ1) is 11.4.